The fourth-order valence-corrected chi connectivity index (χ4v) is 4.28. The van der Waals surface area contributed by atoms with Gasteiger partial charge in [0.2, 0.25) is 0 Å². The third-order valence-electron chi connectivity index (χ3n) is 4.78. The number of amides is 1. The lowest BCUT2D eigenvalue weighted by Gasteiger charge is -2.13. The van der Waals surface area contributed by atoms with E-state index < -0.39 is 21.9 Å². The maximum atomic E-state index is 12.9. The van der Waals surface area contributed by atoms with Crippen molar-refractivity contribution in [3.05, 3.63) is 87.9 Å². The molecule has 0 bridgehead atoms. The number of nitrogens with one attached hydrogen (secondary N) is 2. The molecule has 0 aliphatic heterocycles. The second-order valence-electron chi connectivity index (χ2n) is 7.32. The number of carbonyl (C=O) groups excluding carboxylic acids is 2. The van der Waals surface area contributed by atoms with Crippen LogP contribution >= 0.6 is 11.6 Å². The number of halogens is 1. The highest BCUT2D eigenvalue weighted by atomic mass is 35.5. The van der Waals surface area contributed by atoms with E-state index in [0.29, 0.717) is 16.8 Å². The van der Waals surface area contributed by atoms with E-state index in [1.54, 1.807) is 44.2 Å². The van der Waals surface area contributed by atoms with Gasteiger partial charge in [0.15, 0.2) is 0 Å². The summed E-state index contributed by atoms with van der Waals surface area (Å²) in [6, 6.07) is 15.5. The zero-order valence-corrected chi connectivity index (χ0v) is 19.9. The predicted octanol–water partition coefficient (Wildman–Crippen LogP) is 5.19. The zero-order valence-electron chi connectivity index (χ0n) is 18.3. The van der Waals surface area contributed by atoms with Crippen LogP contribution in [0.1, 0.15) is 38.8 Å². The first kappa shape index (κ1) is 24.3. The number of benzene rings is 3. The number of anilines is 2. The molecule has 2 N–H and O–H groups in total. The molecule has 3 rings (SSSR count). The lowest BCUT2D eigenvalue weighted by atomic mass is 10.1. The van der Waals surface area contributed by atoms with Crippen LogP contribution in [0.3, 0.4) is 0 Å². The van der Waals surface area contributed by atoms with E-state index in [1.807, 2.05) is 6.92 Å². The summed E-state index contributed by atoms with van der Waals surface area (Å²) in [6.07, 6.45) is 0. The molecular formula is C24H23ClN2O5S. The van der Waals surface area contributed by atoms with E-state index in [-0.39, 0.29) is 27.8 Å². The van der Waals surface area contributed by atoms with E-state index >= 15 is 0 Å². The molecule has 0 heterocycles. The minimum Gasteiger partial charge on any atom is -0.462 e. The van der Waals surface area contributed by atoms with Crippen molar-refractivity contribution in [1.82, 2.24) is 0 Å². The van der Waals surface area contributed by atoms with E-state index in [0.717, 1.165) is 5.56 Å². The van der Waals surface area contributed by atoms with Crippen LogP contribution in [0.5, 0.6) is 0 Å². The number of aryl methyl sites for hydroxylation is 2. The normalized spacial score (nSPS) is 11.0. The van der Waals surface area contributed by atoms with Gasteiger partial charge in [-0.3, -0.25) is 9.52 Å². The SMILES string of the molecule is CCOC(=O)c1ccc(NC(=O)c2cc(NS(=O)(=O)c3ccc(C)cc3)ccc2Cl)c(C)c1. The van der Waals surface area contributed by atoms with Crippen LogP contribution in [0.15, 0.2) is 65.6 Å². The number of carbonyl (C=O) groups is 2. The Morgan fingerprint density at radius 2 is 1.67 bits per heavy atom. The van der Waals surface area contributed by atoms with Crippen molar-refractivity contribution in [1.29, 1.82) is 0 Å². The summed E-state index contributed by atoms with van der Waals surface area (Å²) in [7, 11) is -3.84. The van der Waals surface area contributed by atoms with E-state index in [1.165, 1.54) is 30.3 Å². The van der Waals surface area contributed by atoms with Gasteiger partial charge in [0, 0.05) is 11.4 Å². The average molecular weight is 487 g/mol. The van der Waals surface area contributed by atoms with Gasteiger partial charge in [0.05, 0.1) is 27.7 Å². The first-order valence-corrected chi connectivity index (χ1v) is 11.9. The fourth-order valence-electron chi connectivity index (χ4n) is 3.03. The maximum Gasteiger partial charge on any atom is 0.338 e. The Morgan fingerprint density at radius 3 is 2.30 bits per heavy atom. The van der Waals surface area contributed by atoms with Crippen molar-refractivity contribution >= 4 is 44.9 Å². The van der Waals surface area contributed by atoms with Gasteiger partial charge < -0.3 is 10.1 Å². The number of rotatable bonds is 7. The molecule has 0 fully saturated rings. The highest BCUT2D eigenvalue weighted by Crippen LogP contribution is 2.25. The summed E-state index contributed by atoms with van der Waals surface area (Å²) in [4.78, 5) is 24.9. The van der Waals surface area contributed by atoms with Crippen LogP contribution in [-0.2, 0) is 14.8 Å². The molecule has 0 saturated carbocycles. The molecule has 0 atom stereocenters. The molecule has 0 aliphatic carbocycles. The zero-order chi connectivity index (χ0) is 24.2. The molecule has 0 aromatic heterocycles. The van der Waals surface area contributed by atoms with Crippen molar-refractivity contribution in [3.8, 4) is 0 Å². The van der Waals surface area contributed by atoms with Gasteiger partial charge in [-0.2, -0.15) is 0 Å². The number of esters is 1. The van der Waals surface area contributed by atoms with Crippen molar-refractivity contribution in [2.45, 2.75) is 25.7 Å². The molecule has 172 valence electrons. The Hall–Kier alpha value is -3.36. The van der Waals surface area contributed by atoms with E-state index in [9.17, 15) is 18.0 Å². The maximum absolute atomic E-state index is 12.9. The molecule has 0 spiro atoms. The Balaban J connectivity index is 1.81. The van der Waals surface area contributed by atoms with E-state index in [2.05, 4.69) is 10.0 Å². The minimum absolute atomic E-state index is 0.0923. The molecule has 0 radical (unpaired) electrons. The monoisotopic (exact) mass is 486 g/mol. The quantitative estimate of drug-likeness (QED) is 0.448. The van der Waals surface area contributed by atoms with Crippen LogP contribution in [0, 0.1) is 13.8 Å². The van der Waals surface area contributed by atoms with Crippen molar-refractivity contribution in [3.63, 3.8) is 0 Å². The molecular weight excluding hydrogens is 464 g/mol. The Morgan fingerprint density at radius 1 is 0.970 bits per heavy atom. The van der Waals surface area contributed by atoms with Gasteiger partial charge in [0.25, 0.3) is 15.9 Å². The Kier molecular flexibility index (Phi) is 7.40. The molecule has 1 amide bonds. The number of hydrogen-bond donors (Lipinski definition) is 2. The van der Waals surface area contributed by atoms with Crippen molar-refractivity contribution in [2.24, 2.45) is 0 Å². The fraction of sp³-hybridized carbons (Fsp3) is 0.167. The molecule has 0 unspecified atom stereocenters. The molecule has 0 saturated heterocycles. The lowest BCUT2D eigenvalue weighted by Crippen LogP contribution is -2.16. The smallest absolute Gasteiger partial charge is 0.338 e. The predicted molar refractivity (Wildman–Crippen MR) is 129 cm³/mol. The average Bonchev–Trinajstić information content (AvgIpc) is 2.76. The highest BCUT2D eigenvalue weighted by molar-refractivity contribution is 7.92. The van der Waals surface area contributed by atoms with Gasteiger partial charge in [-0.25, -0.2) is 13.2 Å². The second-order valence-corrected chi connectivity index (χ2v) is 9.41. The van der Waals surface area contributed by atoms with Crippen LogP contribution in [0.4, 0.5) is 11.4 Å². The molecule has 3 aromatic carbocycles. The third kappa shape index (κ3) is 5.91. The third-order valence-corrected chi connectivity index (χ3v) is 6.51. The molecule has 0 aliphatic rings. The van der Waals surface area contributed by atoms with Gasteiger partial charge >= 0.3 is 5.97 Å². The summed E-state index contributed by atoms with van der Waals surface area (Å²) in [5, 5.41) is 2.90. The van der Waals surface area contributed by atoms with Gasteiger partial charge in [0.1, 0.15) is 0 Å². The van der Waals surface area contributed by atoms with Crippen LogP contribution in [0.2, 0.25) is 5.02 Å². The first-order valence-electron chi connectivity index (χ1n) is 10.1. The van der Waals surface area contributed by atoms with Crippen molar-refractivity contribution in [2.75, 3.05) is 16.6 Å². The van der Waals surface area contributed by atoms with Crippen molar-refractivity contribution < 1.29 is 22.7 Å². The lowest BCUT2D eigenvalue weighted by molar-refractivity contribution is 0.0526. The van der Waals surface area contributed by atoms with Gasteiger partial charge in [-0.05, 0) is 74.9 Å². The summed E-state index contributed by atoms with van der Waals surface area (Å²) in [5.41, 5.74) is 2.73. The first-order chi connectivity index (χ1) is 15.6. The molecule has 9 heteroatoms. The Bertz CT molecular complexity index is 1300. The minimum atomic E-state index is -3.84. The van der Waals surface area contributed by atoms with Crippen LogP contribution < -0.4 is 10.0 Å². The second kappa shape index (κ2) is 10.1. The largest absolute Gasteiger partial charge is 0.462 e. The number of ether oxygens (including phenoxy) is 1. The standard InChI is InChI=1S/C24H23ClN2O5S/c1-4-32-24(29)17-7-12-22(16(3)13-17)26-23(28)20-14-18(8-11-21(20)25)27-33(30,31)19-9-5-15(2)6-10-19/h5-14,27H,4H2,1-3H3,(H,26,28). The summed E-state index contributed by atoms with van der Waals surface area (Å²) in [5.74, 6) is -0.974. The van der Waals surface area contributed by atoms with Gasteiger partial charge in [-0.1, -0.05) is 29.3 Å². The van der Waals surface area contributed by atoms with E-state index in [4.69, 9.17) is 16.3 Å². The summed E-state index contributed by atoms with van der Waals surface area (Å²) < 4.78 is 32.8. The summed E-state index contributed by atoms with van der Waals surface area (Å²) >= 11 is 6.21. The molecule has 3 aromatic rings. The van der Waals surface area contributed by atoms with Crippen LogP contribution in [-0.4, -0.2) is 26.9 Å². The highest BCUT2D eigenvalue weighted by Gasteiger charge is 2.18. The Labute approximate surface area is 197 Å². The number of sulfonamides is 1. The summed E-state index contributed by atoms with van der Waals surface area (Å²) in [6.45, 7) is 5.59. The van der Waals surface area contributed by atoms with Crippen LogP contribution in [0.25, 0.3) is 0 Å². The molecule has 33 heavy (non-hydrogen) atoms. The number of hydrogen-bond acceptors (Lipinski definition) is 5. The molecule has 7 nitrogen and oxygen atoms in total. The van der Waals surface area contributed by atoms with Gasteiger partial charge in [-0.15, -0.1) is 0 Å². The topological polar surface area (TPSA) is 102 Å².